The standard InChI is InChI=1S/C17H13FN6OS2/c1-24-16(10-5-7-11(18)8-6-10)20-21-17(24)26-9-14(25)19-12-3-2-4-13-15(12)23-27-22-13/h2-8H,9H2,1H3,(H,19,25). The minimum Gasteiger partial charge on any atom is -0.323 e. The van der Waals surface area contributed by atoms with Gasteiger partial charge >= 0.3 is 0 Å². The molecule has 4 rings (SSSR count). The van der Waals surface area contributed by atoms with E-state index < -0.39 is 0 Å². The molecule has 0 aliphatic rings. The SMILES string of the molecule is Cn1c(SCC(=O)Nc2cccc3nsnc23)nnc1-c1ccc(F)cc1. The van der Waals surface area contributed by atoms with Crippen LogP contribution in [0.3, 0.4) is 0 Å². The molecule has 2 heterocycles. The number of nitrogens with one attached hydrogen (secondary N) is 1. The lowest BCUT2D eigenvalue weighted by molar-refractivity contribution is -0.113. The van der Waals surface area contributed by atoms with Gasteiger partial charge < -0.3 is 9.88 Å². The van der Waals surface area contributed by atoms with E-state index in [4.69, 9.17) is 0 Å². The van der Waals surface area contributed by atoms with E-state index in [1.54, 1.807) is 29.8 Å². The predicted molar refractivity (Wildman–Crippen MR) is 103 cm³/mol. The van der Waals surface area contributed by atoms with Crippen LogP contribution in [0, 0.1) is 5.82 Å². The van der Waals surface area contributed by atoms with E-state index in [0.29, 0.717) is 22.2 Å². The summed E-state index contributed by atoms with van der Waals surface area (Å²) in [4.78, 5) is 12.3. The molecule has 10 heteroatoms. The molecule has 2 aromatic carbocycles. The van der Waals surface area contributed by atoms with Crippen LogP contribution in [0.1, 0.15) is 0 Å². The molecule has 4 aromatic rings. The van der Waals surface area contributed by atoms with Crippen LogP contribution in [0.4, 0.5) is 10.1 Å². The molecule has 0 aliphatic heterocycles. The Morgan fingerprint density at radius 2 is 2.00 bits per heavy atom. The van der Waals surface area contributed by atoms with E-state index in [2.05, 4.69) is 24.3 Å². The molecule has 1 N–H and O–H groups in total. The summed E-state index contributed by atoms with van der Waals surface area (Å²) in [6.45, 7) is 0. The number of rotatable bonds is 5. The molecule has 1 amide bonds. The van der Waals surface area contributed by atoms with E-state index in [0.717, 1.165) is 22.8 Å². The first kappa shape index (κ1) is 17.6. The lowest BCUT2D eigenvalue weighted by Crippen LogP contribution is -2.14. The number of carbonyl (C=O) groups is 1. The highest BCUT2D eigenvalue weighted by Gasteiger charge is 2.14. The number of halogens is 1. The van der Waals surface area contributed by atoms with Gasteiger partial charge in [-0.3, -0.25) is 4.79 Å². The molecule has 0 bridgehead atoms. The van der Waals surface area contributed by atoms with Gasteiger partial charge in [0.05, 0.1) is 23.2 Å². The Labute approximate surface area is 162 Å². The summed E-state index contributed by atoms with van der Waals surface area (Å²) in [5.74, 6) is 0.296. The van der Waals surface area contributed by atoms with Crippen molar-refractivity contribution in [3.8, 4) is 11.4 Å². The molecule has 0 aliphatic carbocycles. The Hall–Kier alpha value is -2.85. The summed E-state index contributed by atoms with van der Waals surface area (Å²) in [5, 5.41) is 11.7. The molecule has 136 valence electrons. The number of nitrogens with zero attached hydrogens (tertiary/aromatic N) is 5. The minimum absolute atomic E-state index is 0.170. The Bertz CT molecular complexity index is 1110. The van der Waals surface area contributed by atoms with Crippen LogP contribution in [0.25, 0.3) is 22.4 Å². The van der Waals surface area contributed by atoms with Crippen molar-refractivity contribution in [1.29, 1.82) is 0 Å². The van der Waals surface area contributed by atoms with Crippen molar-refractivity contribution in [3.63, 3.8) is 0 Å². The largest absolute Gasteiger partial charge is 0.323 e. The number of amides is 1. The maximum Gasteiger partial charge on any atom is 0.234 e. The van der Waals surface area contributed by atoms with Gasteiger partial charge in [-0.15, -0.1) is 10.2 Å². The Morgan fingerprint density at radius 3 is 2.81 bits per heavy atom. The predicted octanol–water partition coefficient (Wildman–Crippen LogP) is 3.36. The molecule has 0 fully saturated rings. The van der Waals surface area contributed by atoms with Gasteiger partial charge in [0.2, 0.25) is 5.91 Å². The van der Waals surface area contributed by atoms with Crippen molar-refractivity contribution in [2.24, 2.45) is 7.05 Å². The van der Waals surface area contributed by atoms with Crippen molar-refractivity contribution < 1.29 is 9.18 Å². The molecule has 2 aromatic heterocycles. The van der Waals surface area contributed by atoms with E-state index >= 15 is 0 Å². The number of anilines is 1. The molecule has 0 radical (unpaired) electrons. The van der Waals surface area contributed by atoms with Gasteiger partial charge in [-0.05, 0) is 36.4 Å². The average Bonchev–Trinajstić information content (AvgIpc) is 3.28. The van der Waals surface area contributed by atoms with Crippen LogP contribution in [-0.4, -0.2) is 35.2 Å². The molecule has 0 unspecified atom stereocenters. The number of aromatic nitrogens is 5. The van der Waals surface area contributed by atoms with Crippen molar-refractivity contribution >= 4 is 46.1 Å². The normalized spacial score (nSPS) is 11.0. The summed E-state index contributed by atoms with van der Waals surface area (Å²) in [6.07, 6.45) is 0. The zero-order chi connectivity index (χ0) is 18.8. The fourth-order valence-electron chi connectivity index (χ4n) is 2.51. The second-order valence-corrected chi connectivity index (χ2v) is 7.12. The van der Waals surface area contributed by atoms with Gasteiger partial charge in [0.1, 0.15) is 16.9 Å². The van der Waals surface area contributed by atoms with Crippen LogP contribution in [0.2, 0.25) is 0 Å². The summed E-state index contributed by atoms with van der Waals surface area (Å²) < 4.78 is 23.2. The number of fused-ring (bicyclic) bond motifs is 1. The Balaban J connectivity index is 1.44. The van der Waals surface area contributed by atoms with Gasteiger partial charge in [0, 0.05) is 12.6 Å². The third-order valence-corrected chi connectivity index (χ3v) is 5.39. The number of hydrogen-bond donors (Lipinski definition) is 1. The number of hydrogen-bond acceptors (Lipinski definition) is 7. The maximum atomic E-state index is 13.1. The molecule has 27 heavy (non-hydrogen) atoms. The summed E-state index contributed by atoms with van der Waals surface area (Å²) in [7, 11) is 1.81. The third kappa shape index (κ3) is 3.67. The molecule has 7 nitrogen and oxygen atoms in total. The zero-order valence-electron chi connectivity index (χ0n) is 14.1. The smallest absolute Gasteiger partial charge is 0.234 e. The first-order chi connectivity index (χ1) is 13.1. The Kier molecular flexibility index (Phi) is 4.82. The van der Waals surface area contributed by atoms with Gasteiger partial charge in [-0.25, -0.2) is 4.39 Å². The summed E-state index contributed by atoms with van der Waals surface area (Å²) in [6, 6.07) is 11.5. The number of carbonyl (C=O) groups excluding carboxylic acids is 1. The van der Waals surface area contributed by atoms with Crippen LogP contribution in [-0.2, 0) is 11.8 Å². The maximum absolute atomic E-state index is 13.1. The second-order valence-electron chi connectivity index (χ2n) is 5.65. The van der Waals surface area contributed by atoms with Crippen LogP contribution >= 0.6 is 23.5 Å². The lowest BCUT2D eigenvalue weighted by Gasteiger charge is -2.06. The van der Waals surface area contributed by atoms with Crippen molar-refractivity contribution in [3.05, 3.63) is 48.3 Å². The van der Waals surface area contributed by atoms with Crippen molar-refractivity contribution in [1.82, 2.24) is 23.5 Å². The molecular formula is C17H13FN6OS2. The summed E-state index contributed by atoms with van der Waals surface area (Å²) >= 11 is 2.38. The van der Waals surface area contributed by atoms with Crippen LogP contribution in [0.5, 0.6) is 0 Å². The highest BCUT2D eigenvalue weighted by molar-refractivity contribution is 7.99. The fourth-order valence-corrected chi connectivity index (χ4v) is 3.78. The van der Waals surface area contributed by atoms with Gasteiger partial charge in [-0.2, -0.15) is 8.75 Å². The highest BCUT2D eigenvalue weighted by Crippen LogP contribution is 2.24. The van der Waals surface area contributed by atoms with E-state index in [1.165, 1.54) is 23.9 Å². The van der Waals surface area contributed by atoms with Crippen LogP contribution < -0.4 is 5.32 Å². The summed E-state index contributed by atoms with van der Waals surface area (Å²) in [5.41, 5.74) is 2.82. The molecular weight excluding hydrogens is 387 g/mol. The fraction of sp³-hybridized carbons (Fsp3) is 0.118. The van der Waals surface area contributed by atoms with Gasteiger partial charge in [0.15, 0.2) is 11.0 Å². The monoisotopic (exact) mass is 400 g/mol. The molecule has 0 atom stereocenters. The lowest BCUT2D eigenvalue weighted by atomic mass is 10.2. The topological polar surface area (TPSA) is 85.6 Å². The number of benzene rings is 2. The van der Waals surface area contributed by atoms with Gasteiger partial charge in [-0.1, -0.05) is 17.8 Å². The third-order valence-electron chi connectivity index (χ3n) is 3.83. The first-order valence-electron chi connectivity index (χ1n) is 7.91. The quantitative estimate of drug-likeness (QED) is 0.517. The number of thioether (sulfide) groups is 1. The minimum atomic E-state index is -0.308. The van der Waals surface area contributed by atoms with E-state index in [9.17, 15) is 9.18 Å². The Morgan fingerprint density at radius 1 is 1.19 bits per heavy atom. The van der Waals surface area contributed by atoms with Gasteiger partial charge in [0.25, 0.3) is 0 Å². The van der Waals surface area contributed by atoms with Crippen molar-refractivity contribution in [2.75, 3.05) is 11.1 Å². The van der Waals surface area contributed by atoms with E-state index in [1.807, 2.05) is 12.1 Å². The second kappa shape index (κ2) is 7.41. The first-order valence-corrected chi connectivity index (χ1v) is 9.62. The molecule has 0 spiro atoms. The molecule has 0 saturated heterocycles. The van der Waals surface area contributed by atoms with E-state index in [-0.39, 0.29) is 17.5 Å². The van der Waals surface area contributed by atoms with Crippen LogP contribution in [0.15, 0.2) is 47.6 Å². The zero-order valence-corrected chi connectivity index (χ0v) is 15.7. The highest BCUT2D eigenvalue weighted by atomic mass is 32.2. The average molecular weight is 400 g/mol. The van der Waals surface area contributed by atoms with Crippen molar-refractivity contribution in [2.45, 2.75) is 5.16 Å². The molecule has 0 saturated carbocycles.